The van der Waals surface area contributed by atoms with Gasteiger partial charge < -0.3 is 10.1 Å². The summed E-state index contributed by atoms with van der Waals surface area (Å²) in [6, 6.07) is 22.4. The smallest absolute Gasteiger partial charge is 0.252 e. The van der Waals surface area contributed by atoms with Crippen molar-refractivity contribution in [3.8, 4) is 0 Å². The van der Waals surface area contributed by atoms with Gasteiger partial charge in [0.15, 0.2) is 5.65 Å². The second kappa shape index (κ2) is 9.94. The molecule has 0 aliphatic carbocycles. The molecule has 0 spiro atoms. The molecule has 7 nitrogen and oxygen atoms in total. The lowest BCUT2D eigenvalue weighted by atomic mass is 10.2. The highest BCUT2D eigenvalue weighted by molar-refractivity contribution is 5.96. The first-order valence-corrected chi connectivity index (χ1v) is 11.3. The largest absolute Gasteiger partial charge is 0.374 e. The molecule has 1 fully saturated rings. The van der Waals surface area contributed by atoms with Crippen LogP contribution in [0.4, 0.5) is 0 Å². The number of aromatic nitrogens is 3. The van der Waals surface area contributed by atoms with E-state index in [-0.39, 0.29) is 12.0 Å². The number of ether oxygens (including phenoxy) is 1. The highest BCUT2D eigenvalue weighted by Crippen LogP contribution is 2.15. The summed E-state index contributed by atoms with van der Waals surface area (Å²) in [5.41, 5.74) is 3.73. The van der Waals surface area contributed by atoms with Gasteiger partial charge in [0.05, 0.1) is 31.0 Å². The molecule has 1 amide bonds. The fourth-order valence-corrected chi connectivity index (χ4v) is 4.17. The molecule has 168 valence electrons. The SMILES string of the molecule is O=C(NCC1CN(Cc2ccccc2)CCO1)c1cnc2c(cnn2Cc2ccccc2)c1. The summed E-state index contributed by atoms with van der Waals surface area (Å²) in [5.74, 6) is -0.149. The molecule has 1 saturated heterocycles. The maximum Gasteiger partial charge on any atom is 0.252 e. The molecular formula is C26H27N5O2. The number of amides is 1. The van der Waals surface area contributed by atoms with Crippen molar-refractivity contribution >= 4 is 16.9 Å². The van der Waals surface area contributed by atoms with Crippen molar-refractivity contribution in [2.24, 2.45) is 0 Å². The molecule has 1 unspecified atom stereocenters. The molecule has 0 radical (unpaired) electrons. The molecule has 33 heavy (non-hydrogen) atoms. The quantitative estimate of drug-likeness (QED) is 0.477. The number of hydrogen-bond acceptors (Lipinski definition) is 5. The van der Waals surface area contributed by atoms with Crippen molar-refractivity contribution in [2.75, 3.05) is 26.2 Å². The lowest BCUT2D eigenvalue weighted by Gasteiger charge is -2.33. The number of rotatable bonds is 7. The topological polar surface area (TPSA) is 72.3 Å². The van der Waals surface area contributed by atoms with Crippen LogP contribution >= 0.6 is 0 Å². The Hall–Kier alpha value is -3.55. The van der Waals surface area contributed by atoms with Crippen molar-refractivity contribution < 1.29 is 9.53 Å². The molecule has 2 aromatic heterocycles. The molecule has 7 heteroatoms. The highest BCUT2D eigenvalue weighted by atomic mass is 16.5. The Balaban J connectivity index is 1.18. The molecular weight excluding hydrogens is 414 g/mol. The summed E-state index contributed by atoms with van der Waals surface area (Å²) >= 11 is 0. The fourth-order valence-electron chi connectivity index (χ4n) is 4.17. The molecule has 2 aromatic carbocycles. The minimum atomic E-state index is -0.149. The van der Waals surface area contributed by atoms with Crippen LogP contribution in [0.1, 0.15) is 21.5 Å². The molecule has 5 rings (SSSR count). The lowest BCUT2D eigenvalue weighted by Crippen LogP contribution is -2.47. The average molecular weight is 442 g/mol. The molecule has 1 N–H and O–H groups in total. The number of fused-ring (bicyclic) bond motifs is 1. The number of hydrogen-bond donors (Lipinski definition) is 1. The average Bonchev–Trinajstić information content (AvgIpc) is 3.26. The van der Waals surface area contributed by atoms with E-state index < -0.39 is 0 Å². The first kappa shape index (κ1) is 21.3. The minimum Gasteiger partial charge on any atom is -0.374 e. The van der Waals surface area contributed by atoms with Crippen LogP contribution in [0.15, 0.2) is 79.1 Å². The number of carbonyl (C=O) groups is 1. The van der Waals surface area contributed by atoms with Crippen LogP contribution in [0.25, 0.3) is 11.0 Å². The monoisotopic (exact) mass is 441 g/mol. The van der Waals surface area contributed by atoms with E-state index in [1.165, 1.54) is 5.56 Å². The third kappa shape index (κ3) is 5.27. The van der Waals surface area contributed by atoms with Crippen LogP contribution in [0.3, 0.4) is 0 Å². The molecule has 1 aliphatic rings. The van der Waals surface area contributed by atoms with Gasteiger partial charge in [-0.1, -0.05) is 60.7 Å². The van der Waals surface area contributed by atoms with E-state index in [2.05, 4.69) is 56.7 Å². The van der Waals surface area contributed by atoms with Crippen LogP contribution in [0.5, 0.6) is 0 Å². The molecule has 0 bridgehead atoms. The van der Waals surface area contributed by atoms with Crippen molar-refractivity contribution in [3.05, 3.63) is 95.8 Å². The summed E-state index contributed by atoms with van der Waals surface area (Å²) in [7, 11) is 0. The van der Waals surface area contributed by atoms with Crippen molar-refractivity contribution in [2.45, 2.75) is 19.2 Å². The van der Waals surface area contributed by atoms with Gasteiger partial charge in [-0.25, -0.2) is 9.67 Å². The summed E-state index contributed by atoms with van der Waals surface area (Å²) < 4.78 is 7.73. The predicted molar refractivity (Wildman–Crippen MR) is 127 cm³/mol. The summed E-state index contributed by atoms with van der Waals surface area (Å²) in [4.78, 5) is 19.6. The van der Waals surface area contributed by atoms with Gasteiger partial charge >= 0.3 is 0 Å². The van der Waals surface area contributed by atoms with Gasteiger partial charge in [-0.3, -0.25) is 9.69 Å². The van der Waals surface area contributed by atoms with E-state index in [1.807, 2.05) is 35.0 Å². The number of carbonyl (C=O) groups excluding carboxylic acids is 1. The van der Waals surface area contributed by atoms with E-state index in [1.54, 1.807) is 12.4 Å². The predicted octanol–water partition coefficient (Wildman–Crippen LogP) is 3.11. The first-order valence-electron chi connectivity index (χ1n) is 11.3. The summed E-state index contributed by atoms with van der Waals surface area (Å²) in [5, 5.41) is 8.31. The summed E-state index contributed by atoms with van der Waals surface area (Å²) in [6.45, 7) is 4.35. The Kier molecular flexibility index (Phi) is 6.41. The zero-order valence-electron chi connectivity index (χ0n) is 18.4. The maximum atomic E-state index is 12.8. The maximum absolute atomic E-state index is 12.8. The van der Waals surface area contributed by atoms with Crippen LogP contribution < -0.4 is 5.32 Å². The Morgan fingerprint density at radius 3 is 2.48 bits per heavy atom. The number of nitrogens with one attached hydrogen (secondary N) is 1. The van der Waals surface area contributed by atoms with Crippen LogP contribution in [-0.2, 0) is 17.8 Å². The number of nitrogens with zero attached hydrogens (tertiary/aromatic N) is 4. The van der Waals surface area contributed by atoms with E-state index in [4.69, 9.17) is 4.74 Å². The van der Waals surface area contributed by atoms with Gasteiger partial charge in [0.25, 0.3) is 5.91 Å². The van der Waals surface area contributed by atoms with Gasteiger partial charge in [0.2, 0.25) is 0 Å². The van der Waals surface area contributed by atoms with Gasteiger partial charge in [0.1, 0.15) is 0 Å². The van der Waals surface area contributed by atoms with Crippen molar-refractivity contribution in [1.29, 1.82) is 0 Å². The third-order valence-electron chi connectivity index (χ3n) is 5.88. The van der Waals surface area contributed by atoms with Gasteiger partial charge in [-0.15, -0.1) is 0 Å². The molecule has 1 aliphatic heterocycles. The standard InChI is InChI=1S/C26H27N5O2/c32-26(28-16-24-19-30(11-12-33-24)17-20-7-3-1-4-8-20)23-13-22-15-29-31(25(22)27-14-23)18-21-9-5-2-6-10-21/h1-10,13-15,24H,11-12,16-19H2,(H,28,32). The molecule has 0 saturated carbocycles. The van der Waals surface area contributed by atoms with Crippen LogP contribution in [-0.4, -0.2) is 57.9 Å². The molecule has 3 heterocycles. The Labute approximate surface area is 193 Å². The van der Waals surface area contributed by atoms with Crippen molar-refractivity contribution in [1.82, 2.24) is 25.0 Å². The number of pyridine rings is 1. The van der Waals surface area contributed by atoms with Crippen molar-refractivity contribution in [3.63, 3.8) is 0 Å². The zero-order chi connectivity index (χ0) is 22.5. The lowest BCUT2D eigenvalue weighted by molar-refractivity contribution is -0.0292. The second-order valence-corrected chi connectivity index (χ2v) is 8.35. The van der Waals surface area contributed by atoms with E-state index >= 15 is 0 Å². The number of benzene rings is 2. The molecule has 1 atom stereocenters. The molecule has 4 aromatic rings. The Morgan fingerprint density at radius 1 is 1.00 bits per heavy atom. The summed E-state index contributed by atoms with van der Waals surface area (Å²) in [6.07, 6.45) is 3.34. The zero-order valence-corrected chi connectivity index (χ0v) is 18.4. The third-order valence-corrected chi connectivity index (χ3v) is 5.88. The van der Waals surface area contributed by atoms with Gasteiger partial charge in [0, 0.05) is 37.8 Å². The minimum absolute atomic E-state index is 0.0308. The Morgan fingerprint density at radius 2 is 1.73 bits per heavy atom. The van der Waals surface area contributed by atoms with E-state index in [0.29, 0.717) is 25.3 Å². The van der Waals surface area contributed by atoms with Crippen LogP contribution in [0.2, 0.25) is 0 Å². The van der Waals surface area contributed by atoms with Gasteiger partial charge in [-0.05, 0) is 17.2 Å². The Bertz CT molecular complexity index is 1210. The van der Waals surface area contributed by atoms with E-state index in [0.717, 1.165) is 36.2 Å². The second-order valence-electron chi connectivity index (χ2n) is 8.35. The normalized spacial score (nSPS) is 16.7. The van der Waals surface area contributed by atoms with E-state index in [9.17, 15) is 4.79 Å². The van der Waals surface area contributed by atoms with Crippen LogP contribution in [0, 0.1) is 0 Å². The fraction of sp³-hybridized carbons (Fsp3) is 0.269. The highest BCUT2D eigenvalue weighted by Gasteiger charge is 2.21. The first-order chi connectivity index (χ1) is 16.2. The number of morpholine rings is 1. The van der Waals surface area contributed by atoms with Gasteiger partial charge in [-0.2, -0.15) is 5.10 Å².